The summed E-state index contributed by atoms with van der Waals surface area (Å²) in [6.07, 6.45) is -2.98. The van der Waals surface area contributed by atoms with Gasteiger partial charge in [-0.05, 0) is 37.6 Å². The van der Waals surface area contributed by atoms with Crippen LogP contribution in [0.3, 0.4) is 0 Å². The number of amides is 1. The third-order valence-electron chi connectivity index (χ3n) is 3.05. The lowest BCUT2D eigenvalue weighted by Crippen LogP contribution is -2.17. The topological polar surface area (TPSA) is 64.1 Å². The van der Waals surface area contributed by atoms with Crippen molar-refractivity contribution in [3.63, 3.8) is 0 Å². The highest BCUT2D eigenvalue weighted by Gasteiger charge is 2.33. The number of carbonyl (C=O) groups is 1. The molecule has 0 fully saturated rings. The van der Waals surface area contributed by atoms with Crippen LogP contribution in [0.1, 0.15) is 27.3 Å². The van der Waals surface area contributed by atoms with Crippen molar-refractivity contribution in [1.82, 2.24) is 9.97 Å². The van der Waals surface area contributed by atoms with Crippen LogP contribution in [0.2, 0.25) is 0 Å². The molecule has 122 valence electrons. The van der Waals surface area contributed by atoms with Crippen LogP contribution in [-0.4, -0.2) is 23.0 Å². The molecule has 0 radical (unpaired) electrons. The van der Waals surface area contributed by atoms with Crippen molar-refractivity contribution in [1.29, 1.82) is 0 Å². The van der Waals surface area contributed by atoms with E-state index < -0.39 is 17.8 Å². The summed E-state index contributed by atoms with van der Waals surface area (Å²) in [4.78, 5) is 19.7. The number of rotatable bonds is 3. The molecule has 0 aliphatic carbocycles. The van der Waals surface area contributed by atoms with Crippen molar-refractivity contribution in [2.45, 2.75) is 20.0 Å². The maximum absolute atomic E-state index is 12.6. The van der Waals surface area contributed by atoms with Gasteiger partial charge in [-0.15, -0.1) is 0 Å². The third kappa shape index (κ3) is 3.77. The van der Waals surface area contributed by atoms with E-state index in [1.165, 1.54) is 14.0 Å². The van der Waals surface area contributed by atoms with Gasteiger partial charge in [0.1, 0.15) is 11.4 Å². The monoisotopic (exact) mass is 325 g/mol. The highest BCUT2D eigenvalue weighted by atomic mass is 19.4. The van der Waals surface area contributed by atoms with Crippen molar-refractivity contribution < 1.29 is 22.7 Å². The molecule has 0 spiro atoms. The summed E-state index contributed by atoms with van der Waals surface area (Å²) in [5.41, 5.74) is 0.111. The minimum Gasteiger partial charge on any atom is -0.480 e. The lowest BCUT2D eigenvalue weighted by molar-refractivity contribution is -0.141. The van der Waals surface area contributed by atoms with Crippen molar-refractivity contribution >= 4 is 11.6 Å². The number of pyridine rings is 2. The summed E-state index contributed by atoms with van der Waals surface area (Å²) in [5, 5.41) is 2.57. The average molecular weight is 325 g/mol. The van der Waals surface area contributed by atoms with Crippen LogP contribution in [0.4, 0.5) is 18.9 Å². The Balaban J connectivity index is 2.30. The zero-order chi connectivity index (χ0) is 17.2. The average Bonchev–Trinajstić information content (AvgIpc) is 2.46. The first-order valence-electron chi connectivity index (χ1n) is 6.59. The van der Waals surface area contributed by atoms with Crippen LogP contribution < -0.4 is 10.1 Å². The molecule has 1 N–H and O–H groups in total. The molecule has 0 bridgehead atoms. The first kappa shape index (κ1) is 16.7. The van der Waals surface area contributed by atoms with Crippen LogP contribution in [0.25, 0.3) is 0 Å². The second-order valence-corrected chi connectivity index (χ2v) is 4.85. The van der Waals surface area contributed by atoms with E-state index >= 15 is 0 Å². The molecule has 5 nitrogen and oxygen atoms in total. The Labute approximate surface area is 130 Å². The number of hydrogen-bond acceptors (Lipinski definition) is 4. The van der Waals surface area contributed by atoms with Gasteiger partial charge in [-0.2, -0.15) is 13.2 Å². The number of nitrogens with zero attached hydrogens (tertiary/aromatic N) is 2. The molecule has 0 atom stereocenters. The van der Waals surface area contributed by atoms with Gasteiger partial charge in [0.25, 0.3) is 5.91 Å². The second kappa shape index (κ2) is 6.23. The SMILES string of the molecule is COc1ncc(C)cc1NC(=O)c1ccc(C(F)(F)F)nc1C. The molecule has 0 aliphatic rings. The predicted molar refractivity (Wildman–Crippen MR) is 77.5 cm³/mol. The summed E-state index contributed by atoms with van der Waals surface area (Å²) in [7, 11) is 1.40. The predicted octanol–water partition coefficient (Wildman–Crippen LogP) is 3.37. The number of methoxy groups -OCH3 is 1. The van der Waals surface area contributed by atoms with Crippen LogP contribution in [0.15, 0.2) is 24.4 Å². The zero-order valence-electron chi connectivity index (χ0n) is 12.7. The Morgan fingerprint density at radius 1 is 1.26 bits per heavy atom. The maximum atomic E-state index is 12.6. The van der Waals surface area contributed by atoms with E-state index in [-0.39, 0.29) is 17.1 Å². The Bertz CT molecular complexity index is 745. The number of anilines is 1. The van der Waals surface area contributed by atoms with Gasteiger partial charge in [-0.1, -0.05) is 0 Å². The minimum atomic E-state index is -4.55. The normalized spacial score (nSPS) is 11.2. The molecule has 8 heteroatoms. The van der Waals surface area contributed by atoms with Gasteiger partial charge < -0.3 is 10.1 Å². The van der Waals surface area contributed by atoms with Crippen molar-refractivity contribution in [3.8, 4) is 5.88 Å². The number of carbonyl (C=O) groups excluding carboxylic acids is 1. The van der Waals surface area contributed by atoms with Crippen molar-refractivity contribution in [2.75, 3.05) is 12.4 Å². The number of halogens is 3. The zero-order valence-corrected chi connectivity index (χ0v) is 12.7. The highest BCUT2D eigenvalue weighted by Crippen LogP contribution is 2.28. The van der Waals surface area contributed by atoms with Gasteiger partial charge in [-0.25, -0.2) is 9.97 Å². The fourth-order valence-corrected chi connectivity index (χ4v) is 1.96. The molecule has 0 saturated carbocycles. The van der Waals surface area contributed by atoms with Crippen LogP contribution in [0.5, 0.6) is 5.88 Å². The molecule has 0 aliphatic heterocycles. The van der Waals surface area contributed by atoms with Crippen LogP contribution in [-0.2, 0) is 6.18 Å². The van der Waals surface area contributed by atoms with Crippen LogP contribution in [0, 0.1) is 13.8 Å². The Kier molecular flexibility index (Phi) is 4.53. The summed E-state index contributed by atoms with van der Waals surface area (Å²) in [6.45, 7) is 3.13. The van der Waals surface area contributed by atoms with Gasteiger partial charge in [0, 0.05) is 6.20 Å². The molecule has 2 rings (SSSR count). The quantitative estimate of drug-likeness (QED) is 0.940. The van der Waals surface area contributed by atoms with Gasteiger partial charge >= 0.3 is 6.18 Å². The molecular weight excluding hydrogens is 311 g/mol. The Hall–Kier alpha value is -2.64. The Morgan fingerprint density at radius 3 is 2.52 bits per heavy atom. The van der Waals surface area contributed by atoms with E-state index in [1.54, 1.807) is 19.2 Å². The summed E-state index contributed by atoms with van der Waals surface area (Å²) in [5.74, 6) is -0.379. The molecule has 0 aromatic carbocycles. The first-order chi connectivity index (χ1) is 10.7. The largest absolute Gasteiger partial charge is 0.480 e. The highest BCUT2D eigenvalue weighted by molar-refractivity contribution is 6.05. The number of ether oxygens (including phenoxy) is 1. The summed E-state index contributed by atoms with van der Waals surface area (Å²) < 4.78 is 42.8. The van der Waals surface area contributed by atoms with E-state index in [4.69, 9.17) is 4.74 Å². The number of nitrogens with one attached hydrogen (secondary N) is 1. The summed E-state index contributed by atoms with van der Waals surface area (Å²) >= 11 is 0. The molecule has 2 aromatic rings. The fourth-order valence-electron chi connectivity index (χ4n) is 1.96. The lowest BCUT2D eigenvalue weighted by atomic mass is 10.1. The van der Waals surface area contributed by atoms with E-state index in [0.29, 0.717) is 5.69 Å². The van der Waals surface area contributed by atoms with E-state index in [0.717, 1.165) is 17.7 Å². The standard InChI is InChI=1S/C15H14F3N3O2/c1-8-6-11(14(23-3)19-7-8)21-13(22)10-4-5-12(15(16,17)18)20-9(10)2/h4-7H,1-3H3,(H,21,22). The maximum Gasteiger partial charge on any atom is 0.433 e. The van der Waals surface area contributed by atoms with Gasteiger partial charge in [-0.3, -0.25) is 4.79 Å². The summed E-state index contributed by atoms with van der Waals surface area (Å²) in [6, 6.07) is 3.51. The Morgan fingerprint density at radius 2 is 1.96 bits per heavy atom. The second-order valence-electron chi connectivity index (χ2n) is 4.85. The molecule has 0 unspecified atom stereocenters. The van der Waals surface area contributed by atoms with Gasteiger partial charge in [0.15, 0.2) is 0 Å². The van der Waals surface area contributed by atoms with Crippen molar-refractivity contribution in [3.05, 3.63) is 46.9 Å². The minimum absolute atomic E-state index is 0.0168. The smallest absolute Gasteiger partial charge is 0.433 e. The van der Waals surface area contributed by atoms with E-state index in [1.807, 2.05) is 0 Å². The molecule has 2 heterocycles. The number of hydrogen-bond donors (Lipinski definition) is 1. The molecule has 23 heavy (non-hydrogen) atoms. The molecule has 2 aromatic heterocycles. The first-order valence-corrected chi connectivity index (χ1v) is 6.59. The molecule has 1 amide bonds. The number of alkyl halides is 3. The molecular formula is C15H14F3N3O2. The van der Waals surface area contributed by atoms with Crippen LogP contribution >= 0.6 is 0 Å². The van der Waals surface area contributed by atoms with E-state index in [9.17, 15) is 18.0 Å². The third-order valence-corrected chi connectivity index (χ3v) is 3.05. The van der Waals surface area contributed by atoms with E-state index in [2.05, 4.69) is 15.3 Å². The number of aryl methyl sites for hydroxylation is 2. The number of aromatic nitrogens is 2. The molecule has 0 saturated heterocycles. The van der Waals surface area contributed by atoms with Gasteiger partial charge in [0.2, 0.25) is 5.88 Å². The fraction of sp³-hybridized carbons (Fsp3) is 0.267. The van der Waals surface area contributed by atoms with Crippen molar-refractivity contribution in [2.24, 2.45) is 0 Å². The van der Waals surface area contributed by atoms with Gasteiger partial charge in [0.05, 0.1) is 18.4 Å². The lowest BCUT2D eigenvalue weighted by Gasteiger charge is -2.12.